The Morgan fingerprint density at radius 1 is 1.13 bits per heavy atom. The molecule has 2 N–H and O–H groups in total. The number of hydrogen-bond donors (Lipinski definition) is 2. The van der Waals surface area contributed by atoms with Crippen molar-refractivity contribution in [3.8, 4) is 11.5 Å². The minimum absolute atomic E-state index is 0.0301. The van der Waals surface area contributed by atoms with Gasteiger partial charge in [0.15, 0.2) is 5.75 Å². The van der Waals surface area contributed by atoms with E-state index in [1.54, 1.807) is 0 Å². The molecule has 0 atom stereocenters. The number of benzene rings is 2. The van der Waals surface area contributed by atoms with Gasteiger partial charge >= 0.3 is 5.69 Å². The van der Waals surface area contributed by atoms with Crippen LogP contribution < -0.4 is 0 Å². The number of phenols is 2. The standard InChI is InChI=1S/C10H7NO4/c12-7-2-3-8-6(5-7)1-4-9(13)10(8)11(14)15/h1-5,12-13H. The summed E-state index contributed by atoms with van der Waals surface area (Å²) in [7, 11) is 0. The van der Waals surface area contributed by atoms with Gasteiger partial charge in [-0.2, -0.15) is 0 Å². The van der Waals surface area contributed by atoms with Gasteiger partial charge in [-0.15, -0.1) is 0 Å². The molecule has 0 spiro atoms. The Morgan fingerprint density at radius 3 is 2.53 bits per heavy atom. The Morgan fingerprint density at radius 2 is 1.87 bits per heavy atom. The third-order valence-electron chi connectivity index (χ3n) is 2.14. The number of hydrogen-bond acceptors (Lipinski definition) is 4. The van der Waals surface area contributed by atoms with E-state index in [0.717, 1.165) is 0 Å². The van der Waals surface area contributed by atoms with E-state index in [2.05, 4.69) is 0 Å². The first-order valence-electron chi connectivity index (χ1n) is 4.18. The number of fused-ring (bicyclic) bond motifs is 1. The molecule has 0 unspecified atom stereocenters. The van der Waals surface area contributed by atoms with Gasteiger partial charge in [-0.3, -0.25) is 10.1 Å². The van der Waals surface area contributed by atoms with Gasteiger partial charge in [0.2, 0.25) is 0 Å². The molecule has 0 bridgehead atoms. The zero-order valence-electron chi connectivity index (χ0n) is 7.54. The molecule has 0 radical (unpaired) electrons. The van der Waals surface area contributed by atoms with Gasteiger partial charge in [0.05, 0.1) is 10.3 Å². The zero-order valence-corrected chi connectivity index (χ0v) is 7.54. The van der Waals surface area contributed by atoms with Crippen LogP contribution in [-0.4, -0.2) is 15.1 Å². The lowest BCUT2D eigenvalue weighted by atomic mass is 10.1. The number of nitro groups is 1. The Balaban J connectivity index is 2.88. The van der Waals surface area contributed by atoms with Gasteiger partial charge in [-0.25, -0.2) is 0 Å². The summed E-state index contributed by atoms with van der Waals surface area (Å²) in [6, 6.07) is 6.90. The molecular formula is C10H7NO4. The molecule has 0 aliphatic rings. The molecular weight excluding hydrogens is 198 g/mol. The summed E-state index contributed by atoms with van der Waals surface area (Å²) in [5.41, 5.74) is -0.340. The summed E-state index contributed by atoms with van der Waals surface area (Å²) in [5.74, 6) is -0.347. The molecule has 0 fully saturated rings. The maximum atomic E-state index is 10.7. The first-order chi connectivity index (χ1) is 7.09. The van der Waals surface area contributed by atoms with Crippen molar-refractivity contribution in [2.24, 2.45) is 0 Å². The largest absolute Gasteiger partial charge is 0.508 e. The van der Waals surface area contributed by atoms with Crippen LogP contribution in [0, 0.1) is 10.1 Å². The highest BCUT2D eigenvalue weighted by molar-refractivity contribution is 5.94. The number of aromatic hydroxyl groups is 2. The van der Waals surface area contributed by atoms with Gasteiger partial charge in [0.25, 0.3) is 0 Å². The maximum absolute atomic E-state index is 10.7. The minimum Gasteiger partial charge on any atom is -0.508 e. The van der Waals surface area contributed by atoms with E-state index in [1.165, 1.54) is 30.3 Å². The maximum Gasteiger partial charge on any atom is 0.318 e. The number of phenolic OH excluding ortho intramolecular Hbond substituents is 2. The zero-order chi connectivity index (χ0) is 11.0. The molecule has 0 aliphatic carbocycles. The number of nitro benzene ring substituents is 1. The van der Waals surface area contributed by atoms with Crippen molar-refractivity contribution in [1.82, 2.24) is 0 Å². The summed E-state index contributed by atoms with van der Waals surface area (Å²) < 4.78 is 0. The van der Waals surface area contributed by atoms with E-state index in [4.69, 9.17) is 0 Å². The van der Waals surface area contributed by atoms with Crippen molar-refractivity contribution < 1.29 is 15.1 Å². The molecule has 0 aliphatic heterocycles. The molecule has 0 saturated heterocycles. The SMILES string of the molecule is O=[N+]([O-])c1c(O)ccc2cc(O)ccc12. The summed E-state index contributed by atoms with van der Waals surface area (Å²) in [6.45, 7) is 0. The van der Waals surface area contributed by atoms with Crippen LogP contribution in [0.1, 0.15) is 0 Å². The summed E-state index contributed by atoms with van der Waals surface area (Å²) in [5, 5.41) is 30.1. The summed E-state index contributed by atoms with van der Waals surface area (Å²) in [6.07, 6.45) is 0. The van der Waals surface area contributed by atoms with Crippen molar-refractivity contribution >= 4 is 16.5 Å². The van der Waals surface area contributed by atoms with Crippen LogP contribution in [-0.2, 0) is 0 Å². The molecule has 0 heterocycles. The Labute approximate surface area is 84.4 Å². The normalized spacial score (nSPS) is 10.4. The average molecular weight is 205 g/mol. The molecule has 2 rings (SSSR count). The number of rotatable bonds is 1. The van der Waals surface area contributed by atoms with Crippen LogP contribution in [0.4, 0.5) is 5.69 Å². The fourth-order valence-electron chi connectivity index (χ4n) is 1.48. The molecule has 5 nitrogen and oxygen atoms in total. The van der Waals surface area contributed by atoms with Crippen LogP contribution in [0.5, 0.6) is 11.5 Å². The van der Waals surface area contributed by atoms with E-state index in [-0.39, 0.29) is 17.2 Å². The minimum atomic E-state index is -0.644. The average Bonchev–Trinajstić information content (AvgIpc) is 2.17. The fraction of sp³-hybridized carbons (Fsp3) is 0. The second-order valence-corrected chi connectivity index (χ2v) is 3.10. The predicted octanol–water partition coefficient (Wildman–Crippen LogP) is 2.16. The quantitative estimate of drug-likeness (QED) is 0.551. The van der Waals surface area contributed by atoms with Gasteiger partial charge in [-0.05, 0) is 29.7 Å². The van der Waals surface area contributed by atoms with Crippen LogP contribution in [0.15, 0.2) is 30.3 Å². The van der Waals surface area contributed by atoms with Gasteiger partial charge in [-0.1, -0.05) is 6.07 Å². The molecule has 76 valence electrons. The first-order valence-corrected chi connectivity index (χ1v) is 4.18. The Hall–Kier alpha value is -2.30. The molecule has 5 heteroatoms. The second kappa shape index (κ2) is 3.13. The molecule has 15 heavy (non-hydrogen) atoms. The lowest BCUT2D eigenvalue weighted by Gasteiger charge is -2.01. The van der Waals surface area contributed by atoms with Gasteiger partial charge < -0.3 is 10.2 Å². The van der Waals surface area contributed by atoms with Crippen molar-refractivity contribution in [1.29, 1.82) is 0 Å². The summed E-state index contributed by atoms with van der Waals surface area (Å²) in [4.78, 5) is 10.1. The van der Waals surface area contributed by atoms with E-state index in [9.17, 15) is 20.3 Å². The number of nitrogens with zero attached hydrogens (tertiary/aromatic N) is 1. The highest BCUT2D eigenvalue weighted by atomic mass is 16.6. The van der Waals surface area contributed by atoms with E-state index in [0.29, 0.717) is 10.8 Å². The molecule has 0 saturated carbocycles. The second-order valence-electron chi connectivity index (χ2n) is 3.10. The first kappa shape index (κ1) is 9.26. The van der Waals surface area contributed by atoms with Crippen LogP contribution in [0.3, 0.4) is 0 Å². The highest BCUT2D eigenvalue weighted by Gasteiger charge is 2.17. The van der Waals surface area contributed by atoms with E-state index >= 15 is 0 Å². The lowest BCUT2D eigenvalue weighted by Crippen LogP contribution is -1.90. The Kier molecular flexibility index (Phi) is 1.93. The topological polar surface area (TPSA) is 83.6 Å². The predicted molar refractivity (Wildman–Crippen MR) is 53.9 cm³/mol. The van der Waals surface area contributed by atoms with Crippen LogP contribution >= 0.6 is 0 Å². The van der Waals surface area contributed by atoms with Crippen molar-refractivity contribution in [2.75, 3.05) is 0 Å². The third-order valence-corrected chi connectivity index (χ3v) is 2.14. The van der Waals surface area contributed by atoms with Gasteiger partial charge in [0.1, 0.15) is 5.75 Å². The third kappa shape index (κ3) is 1.43. The van der Waals surface area contributed by atoms with Crippen molar-refractivity contribution in [3.63, 3.8) is 0 Å². The highest BCUT2D eigenvalue weighted by Crippen LogP contribution is 2.35. The van der Waals surface area contributed by atoms with Crippen LogP contribution in [0.25, 0.3) is 10.8 Å². The molecule has 2 aromatic carbocycles. The molecule has 2 aromatic rings. The van der Waals surface area contributed by atoms with Crippen molar-refractivity contribution in [3.05, 3.63) is 40.4 Å². The molecule has 0 aromatic heterocycles. The smallest absolute Gasteiger partial charge is 0.318 e. The van der Waals surface area contributed by atoms with E-state index < -0.39 is 4.92 Å². The Bertz CT molecular complexity index is 550. The van der Waals surface area contributed by atoms with E-state index in [1.807, 2.05) is 0 Å². The van der Waals surface area contributed by atoms with Crippen molar-refractivity contribution in [2.45, 2.75) is 0 Å². The lowest BCUT2D eigenvalue weighted by molar-refractivity contribution is -0.384. The molecule has 0 amide bonds. The summed E-state index contributed by atoms with van der Waals surface area (Å²) >= 11 is 0. The monoisotopic (exact) mass is 205 g/mol. The fourth-order valence-corrected chi connectivity index (χ4v) is 1.48. The van der Waals surface area contributed by atoms with Gasteiger partial charge in [0, 0.05) is 0 Å². The van der Waals surface area contributed by atoms with Crippen LogP contribution in [0.2, 0.25) is 0 Å².